The molecule has 1 aliphatic heterocycles. The molecule has 1 atom stereocenters. The summed E-state index contributed by atoms with van der Waals surface area (Å²) in [5, 5.41) is 15.2. The molecule has 2 N–H and O–H groups in total. The van der Waals surface area contributed by atoms with Crippen LogP contribution in [0.2, 0.25) is 0 Å². The van der Waals surface area contributed by atoms with Crippen molar-refractivity contribution in [1.82, 2.24) is 15.5 Å². The summed E-state index contributed by atoms with van der Waals surface area (Å²) in [5.41, 5.74) is 1.20. The summed E-state index contributed by atoms with van der Waals surface area (Å²) in [5.74, 6) is 0.727. The first-order valence-electron chi connectivity index (χ1n) is 7.43. The average Bonchev–Trinajstić information content (AvgIpc) is 3.21. The zero-order valence-electron chi connectivity index (χ0n) is 13.2. The Balaban J connectivity index is 0.00000208. The molecule has 24 heavy (non-hydrogen) atoms. The Bertz CT molecular complexity index is 702. The highest BCUT2D eigenvalue weighted by atomic mass is 35.5. The number of hydrogen-bond acceptors (Lipinski definition) is 6. The van der Waals surface area contributed by atoms with Crippen LogP contribution in [0.1, 0.15) is 10.6 Å². The molecule has 0 fully saturated rings. The van der Waals surface area contributed by atoms with Gasteiger partial charge in [-0.15, -0.1) is 22.6 Å². The molecular weight excluding hydrogens is 348 g/mol. The van der Waals surface area contributed by atoms with E-state index in [0.717, 1.165) is 17.3 Å². The lowest BCUT2D eigenvalue weighted by Gasteiger charge is -2.07. The Labute approximate surface area is 150 Å². The van der Waals surface area contributed by atoms with Gasteiger partial charge in [-0.1, -0.05) is 41.2 Å². The highest BCUT2D eigenvalue weighted by molar-refractivity contribution is 7.15. The summed E-state index contributed by atoms with van der Waals surface area (Å²) in [6, 6.07) is 7.64. The van der Waals surface area contributed by atoms with E-state index in [-0.39, 0.29) is 24.4 Å². The van der Waals surface area contributed by atoms with Gasteiger partial charge in [0.15, 0.2) is 0 Å². The second-order valence-electron chi connectivity index (χ2n) is 5.22. The summed E-state index contributed by atoms with van der Waals surface area (Å²) >= 11 is 1.37. The minimum absolute atomic E-state index is 0. The Morgan fingerprint density at radius 3 is 2.88 bits per heavy atom. The van der Waals surface area contributed by atoms with Gasteiger partial charge < -0.3 is 4.74 Å². The van der Waals surface area contributed by atoms with Crippen molar-refractivity contribution in [2.45, 2.75) is 19.4 Å². The van der Waals surface area contributed by atoms with E-state index >= 15 is 0 Å². The molecule has 6 nitrogen and oxygen atoms in total. The van der Waals surface area contributed by atoms with E-state index in [0.29, 0.717) is 18.2 Å². The third-order valence-corrected chi connectivity index (χ3v) is 4.27. The average molecular weight is 367 g/mol. The van der Waals surface area contributed by atoms with E-state index in [1.807, 2.05) is 43.3 Å². The van der Waals surface area contributed by atoms with Crippen LogP contribution in [0.15, 0.2) is 36.4 Å². The van der Waals surface area contributed by atoms with Crippen LogP contribution >= 0.6 is 23.7 Å². The minimum Gasteiger partial charge on any atom is -0.493 e. The summed E-state index contributed by atoms with van der Waals surface area (Å²) < 4.78 is 5.67. The quantitative estimate of drug-likeness (QED) is 0.767. The minimum atomic E-state index is -0.285. The van der Waals surface area contributed by atoms with Crippen molar-refractivity contribution in [3.8, 4) is 5.75 Å². The Morgan fingerprint density at radius 2 is 2.17 bits per heavy atom. The van der Waals surface area contributed by atoms with Gasteiger partial charge in [0.05, 0.1) is 6.61 Å². The van der Waals surface area contributed by atoms with Gasteiger partial charge in [-0.2, -0.15) is 0 Å². The summed E-state index contributed by atoms with van der Waals surface area (Å²) in [4.78, 5) is 11.9. The molecule has 0 saturated carbocycles. The van der Waals surface area contributed by atoms with Crippen molar-refractivity contribution in [1.29, 1.82) is 0 Å². The fourth-order valence-electron chi connectivity index (χ4n) is 2.13. The second-order valence-corrected chi connectivity index (χ2v) is 6.28. The molecule has 0 spiro atoms. The van der Waals surface area contributed by atoms with E-state index in [4.69, 9.17) is 4.74 Å². The zero-order valence-corrected chi connectivity index (χ0v) is 14.8. The standard InChI is InChI=1S/C16H18N4O2S.ClH/c1-11-4-6-12(7-5-11)22-10-8-14-19-20-16(23-14)18-15(21)13-3-2-9-17-13;/h2-7,13,17H,8-10H2,1H3,(H,18,20,21);1H. The van der Waals surface area contributed by atoms with Crippen molar-refractivity contribution in [3.05, 3.63) is 47.0 Å². The fourth-order valence-corrected chi connectivity index (χ4v) is 2.85. The smallest absolute Gasteiger partial charge is 0.247 e. The van der Waals surface area contributed by atoms with Crippen molar-refractivity contribution >= 4 is 34.8 Å². The monoisotopic (exact) mass is 366 g/mol. The van der Waals surface area contributed by atoms with E-state index in [2.05, 4.69) is 20.8 Å². The van der Waals surface area contributed by atoms with Crippen molar-refractivity contribution in [2.75, 3.05) is 18.5 Å². The van der Waals surface area contributed by atoms with Gasteiger partial charge in [-0.05, 0) is 19.1 Å². The first-order chi connectivity index (χ1) is 11.2. The molecule has 128 valence electrons. The number of aryl methyl sites for hydroxylation is 1. The van der Waals surface area contributed by atoms with Gasteiger partial charge in [-0.3, -0.25) is 15.4 Å². The van der Waals surface area contributed by atoms with Crippen LogP contribution in [0.4, 0.5) is 5.13 Å². The molecule has 1 aromatic heterocycles. The first kappa shape index (κ1) is 18.4. The van der Waals surface area contributed by atoms with Crippen molar-refractivity contribution < 1.29 is 9.53 Å². The Morgan fingerprint density at radius 1 is 1.38 bits per heavy atom. The van der Waals surface area contributed by atoms with Gasteiger partial charge in [-0.25, -0.2) is 0 Å². The van der Waals surface area contributed by atoms with E-state index in [1.54, 1.807) is 0 Å². The third kappa shape index (κ3) is 5.02. The maximum Gasteiger partial charge on any atom is 0.247 e. The molecule has 0 aliphatic carbocycles. The van der Waals surface area contributed by atoms with Gasteiger partial charge in [0.1, 0.15) is 16.8 Å². The molecule has 2 aromatic rings. The van der Waals surface area contributed by atoms with Crippen LogP contribution in [0, 0.1) is 6.92 Å². The number of rotatable bonds is 6. The van der Waals surface area contributed by atoms with Crippen molar-refractivity contribution in [3.63, 3.8) is 0 Å². The molecular formula is C16H19ClN4O2S. The Hall–Kier alpha value is -1.96. The van der Waals surface area contributed by atoms with Gasteiger partial charge in [0.25, 0.3) is 0 Å². The topological polar surface area (TPSA) is 76.1 Å². The maximum atomic E-state index is 11.9. The molecule has 1 aromatic carbocycles. The van der Waals surface area contributed by atoms with Gasteiger partial charge in [0, 0.05) is 13.0 Å². The number of halogens is 1. The van der Waals surface area contributed by atoms with E-state index in [9.17, 15) is 4.79 Å². The highest BCUT2D eigenvalue weighted by Crippen LogP contribution is 2.17. The van der Waals surface area contributed by atoms with Crippen LogP contribution < -0.4 is 15.4 Å². The van der Waals surface area contributed by atoms with Crippen LogP contribution in [-0.2, 0) is 11.2 Å². The lowest BCUT2D eigenvalue weighted by Crippen LogP contribution is -2.35. The number of hydrogen-bond donors (Lipinski definition) is 2. The maximum absolute atomic E-state index is 11.9. The van der Waals surface area contributed by atoms with Crippen molar-refractivity contribution in [2.24, 2.45) is 0 Å². The fraction of sp³-hybridized carbons (Fsp3) is 0.312. The normalized spacial score (nSPS) is 15.8. The molecule has 2 heterocycles. The summed E-state index contributed by atoms with van der Waals surface area (Å²) in [7, 11) is 0. The molecule has 0 radical (unpaired) electrons. The lowest BCUT2D eigenvalue weighted by atomic mass is 10.2. The molecule has 8 heteroatoms. The molecule has 1 unspecified atom stereocenters. The number of benzene rings is 1. The number of amides is 1. The van der Waals surface area contributed by atoms with Gasteiger partial charge in [0.2, 0.25) is 11.0 Å². The predicted molar refractivity (Wildman–Crippen MR) is 97.1 cm³/mol. The van der Waals surface area contributed by atoms with Crippen LogP contribution in [0.5, 0.6) is 5.75 Å². The summed E-state index contributed by atoms with van der Waals surface area (Å²) in [6.07, 6.45) is 4.42. The van der Waals surface area contributed by atoms with Gasteiger partial charge >= 0.3 is 0 Å². The van der Waals surface area contributed by atoms with Crippen LogP contribution in [-0.4, -0.2) is 35.3 Å². The molecule has 3 rings (SSSR count). The predicted octanol–water partition coefficient (Wildman–Crippen LogP) is 2.36. The second kappa shape index (κ2) is 8.77. The third-order valence-electron chi connectivity index (χ3n) is 3.37. The number of nitrogens with zero attached hydrogens (tertiary/aromatic N) is 2. The number of nitrogens with one attached hydrogen (secondary N) is 2. The number of anilines is 1. The summed E-state index contributed by atoms with van der Waals surface area (Å²) in [6.45, 7) is 3.28. The molecule has 0 bridgehead atoms. The largest absolute Gasteiger partial charge is 0.493 e. The Kier molecular flexibility index (Phi) is 6.72. The van der Waals surface area contributed by atoms with Crippen LogP contribution in [0.3, 0.4) is 0 Å². The van der Waals surface area contributed by atoms with E-state index < -0.39 is 0 Å². The zero-order chi connectivity index (χ0) is 16.1. The van der Waals surface area contributed by atoms with E-state index in [1.165, 1.54) is 16.9 Å². The number of ether oxygens (including phenoxy) is 1. The number of carbonyl (C=O) groups is 1. The highest BCUT2D eigenvalue weighted by Gasteiger charge is 2.18. The first-order valence-corrected chi connectivity index (χ1v) is 8.25. The van der Waals surface area contributed by atoms with Crippen LogP contribution in [0.25, 0.3) is 0 Å². The SMILES string of the molecule is Cc1ccc(OCCc2nnc(NC(=O)C3C=CCN3)s2)cc1.Cl. The molecule has 0 saturated heterocycles. The molecule has 1 amide bonds. The number of carbonyl (C=O) groups excluding carboxylic acids is 1. The number of aromatic nitrogens is 2. The lowest BCUT2D eigenvalue weighted by molar-refractivity contribution is -0.116. The molecule has 1 aliphatic rings.